The van der Waals surface area contributed by atoms with Crippen molar-refractivity contribution in [2.24, 2.45) is 10.9 Å². The van der Waals surface area contributed by atoms with Crippen molar-refractivity contribution in [2.45, 2.75) is 57.8 Å². The quantitative estimate of drug-likeness (QED) is 0.709. The summed E-state index contributed by atoms with van der Waals surface area (Å²) in [4.78, 5) is 26.6. The van der Waals surface area contributed by atoms with Crippen LogP contribution in [-0.2, 0) is 9.59 Å². The lowest BCUT2D eigenvalue weighted by Gasteiger charge is -2.21. The van der Waals surface area contributed by atoms with E-state index in [9.17, 15) is 9.59 Å². The highest BCUT2D eigenvalue weighted by molar-refractivity contribution is 6.14. The number of carbonyl (C=O) groups is 2. The number of amidine groups is 1. The third kappa shape index (κ3) is 3.65. The van der Waals surface area contributed by atoms with Gasteiger partial charge in [0.05, 0.1) is 0 Å². The molecule has 1 saturated carbocycles. The zero-order valence-electron chi connectivity index (χ0n) is 10.2. The van der Waals surface area contributed by atoms with E-state index in [1.54, 1.807) is 0 Å². The Kier molecular flexibility index (Phi) is 4.29. The average molecular weight is 236 g/mol. The van der Waals surface area contributed by atoms with Crippen LogP contribution in [0.15, 0.2) is 4.99 Å². The van der Waals surface area contributed by atoms with E-state index >= 15 is 0 Å². The molecule has 2 aliphatic rings. The van der Waals surface area contributed by atoms with Gasteiger partial charge in [-0.2, -0.15) is 4.99 Å². The maximum Gasteiger partial charge on any atom is 0.256 e. The number of carbonyl (C=O) groups excluding carboxylic acids is 2. The molecule has 0 saturated heterocycles. The van der Waals surface area contributed by atoms with Crippen LogP contribution < -0.4 is 5.32 Å². The normalized spacial score (nSPS) is 24.4. The first-order valence-corrected chi connectivity index (χ1v) is 6.67. The van der Waals surface area contributed by atoms with Crippen molar-refractivity contribution in [2.75, 3.05) is 0 Å². The number of aliphatic imine (C=N–C) groups is 1. The molecule has 17 heavy (non-hydrogen) atoms. The first kappa shape index (κ1) is 12.3. The molecule has 0 atom stereocenters. The molecule has 0 spiro atoms. The summed E-state index contributed by atoms with van der Waals surface area (Å²) in [5.74, 6) is 0.429. The van der Waals surface area contributed by atoms with Gasteiger partial charge in [0, 0.05) is 5.92 Å². The van der Waals surface area contributed by atoms with Crippen LogP contribution in [0, 0.1) is 5.92 Å². The molecule has 4 nitrogen and oxygen atoms in total. The van der Waals surface area contributed by atoms with Crippen LogP contribution in [0.3, 0.4) is 0 Å². The lowest BCUT2D eigenvalue weighted by atomic mass is 9.95. The molecule has 1 aliphatic heterocycles. The van der Waals surface area contributed by atoms with Crippen LogP contribution >= 0.6 is 0 Å². The summed E-state index contributed by atoms with van der Waals surface area (Å²) in [5, 5.41) is 2.78. The SMILES string of the molecule is O=C1CC(=O)NC(C2CCCCCCCC2)=N1. The second-order valence-corrected chi connectivity index (χ2v) is 5.01. The molecule has 2 rings (SSSR count). The first-order valence-electron chi connectivity index (χ1n) is 6.67. The van der Waals surface area contributed by atoms with Crippen LogP contribution in [0.1, 0.15) is 57.8 Å². The van der Waals surface area contributed by atoms with Gasteiger partial charge in [-0.05, 0) is 12.8 Å². The summed E-state index contributed by atoms with van der Waals surface area (Å²) >= 11 is 0. The van der Waals surface area contributed by atoms with E-state index in [4.69, 9.17) is 0 Å². The predicted octanol–water partition coefficient (Wildman–Crippen LogP) is 2.18. The lowest BCUT2D eigenvalue weighted by Crippen LogP contribution is -2.41. The summed E-state index contributed by atoms with van der Waals surface area (Å²) in [6, 6.07) is 0. The Morgan fingerprint density at radius 1 is 0.941 bits per heavy atom. The average Bonchev–Trinajstić information content (AvgIpc) is 2.40. The molecule has 0 radical (unpaired) electrons. The maximum atomic E-state index is 11.3. The van der Waals surface area contributed by atoms with Gasteiger partial charge >= 0.3 is 0 Å². The number of hydrogen-bond acceptors (Lipinski definition) is 2. The molecule has 0 aromatic heterocycles. The summed E-state index contributed by atoms with van der Waals surface area (Å²) in [6.45, 7) is 0. The standard InChI is InChI=1S/C13H20N2O2/c16-11-9-12(17)15-13(14-11)10-7-5-3-1-2-4-6-8-10/h10H,1-9H2,(H,14,15,16,17). The number of nitrogens with zero attached hydrogens (tertiary/aromatic N) is 1. The van der Waals surface area contributed by atoms with E-state index in [2.05, 4.69) is 10.3 Å². The highest BCUT2D eigenvalue weighted by Gasteiger charge is 2.24. The summed E-state index contributed by atoms with van der Waals surface area (Å²) in [7, 11) is 0. The topological polar surface area (TPSA) is 58.5 Å². The van der Waals surface area contributed by atoms with E-state index < -0.39 is 0 Å². The Morgan fingerprint density at radius 3 is 2.12 bits per heavy atom. The highest BCUT2D eigenvalue weighted by Crippen LogP contribution is 2.23. The zero-order valence-corrected chi connectivity index (χ0v) is 10.2. The van der Waals surface area contributed by atoms with Crippen molar-refractivity contribution in [1.29, 1.82) is 0 Å². The minimum Gasteiger partial charge on any atom is -0.313 e. The summed E-state index contributed by atoms with van der Waals surface area (Å²) in [6.07, 6.45) is 9.49. The fourth-order valence-corrected chi connectivity index (χ4v) is 2.63. The van der Waals surface area contributed by atoms with Gasteiger partial charge in [-0.15, -0.1) is 0 Å². The van der Waals surface area contributed by atoms with Crippen LogP contribution in [-0.4, -0.2) is 17.6 Å². The molecule has 4 heteroatoms. The minimum absolute atomic E-state index is 0.0871. The highest BCUT2D eigenvalue weighted by atomic mass is 16.2. The fraction of sp³-hybridized carbons (Fsp3) is 0.769. The maximum absolute atomic E-state index is 11.3. The smallest absolute Gasteiger partial charge is 0.256 e. The third-order valence-electron chi connectivity index (χ3n) is 3.57. The van der Waals surface area contributed by atoms with Crippen molar-refractivity contribution in [3.05, 3.63) is 0 Å². The van der Waals surface area contributed by atoms with Crippen LogP contribution in [0.2, 0.25) is 0 Å². The van der Waals surface area contributed by atoms with Crippen molar-refractivity contribution in [1.82, 2.24) is 5.32 Å². The second-order valence-electron chi connectivity index (χ2n) is 5.01. The summed E-state index contributed by atoms with van der Waals surface area (Å²) in [5.41, 5.74) is 0. The van der Waals surface area contributed by atoms with E-state index in [1.807, 2.05) is 0 Å². The molecule has 0 unspecified atom stereocenters. The van der Waals surface area contributed by atoms with Gasteiger partial charge in [0.1, 0.15) is 12.3 Å². The minimum atomic E-state index is -0.288. The van der Waals surface area contributed by atoms with Gasteiger partial charge in [-0.1, -0.05) is 38.5 Å². The molecule has 1 N–H and O–H groups in total. The first-order chi connectivity index (χ1) is 8.25. The molecule has 0 bridgehead atoms. The second kappa shape index (κ2) is 5.94. The van der Waals surface area contributed by atoms with E-state index in [1.165, 1.54) is 38.5 Å². The van der Waals surface area contributed by atoms with Crippen molar-refractivity contribution in [3.8, 4) is 0 Å². The fourth-order valence-electron chi connectivity index (χ4n) is 2.63. The molecule has 1 heterocycles. The van der Waals surface area contributed by atoms with Crippen LogP contribution in [0.25, 0.3) is 0 Å². The Morgan fingerprint density at radius 2 is 1.53 bits per heavy atom. The van der Waals surface area contributed by atoms with Gasteiger partial charge in [-0.25, -0.2) is 0 Å². The van der Waals surface area contributed by atoms with E-state index in [-0.39, 0.29) is 24.2 Å². The molecule has 94 valence electrons. The largest absolute Gasteiger partial charge is 0.313 e. The van der Waals surface area contributed by atoms with Gasteiger partial charge in [0.2, 0.25) is 5.91 Å². The Labute approximate surface area is 102 Å². The molecule has 1 aliphatic carbocycles. The van der Waals surface area contributed by atoms with Crippen molar-refractivity contribution in [3.63, 3.8) is 0 Å². The lowest BCUT2D eigenvalue weighted by molar-refractivity contribution is -0.127. The third-order valence-corrected chi connectivity index (χ3v) is 3.57. The van der Waals surface area contributed by atoms with E-state index in [0.29, 0.717) is 5.84 Å². The van der Waals surface area contributed by atoms with Crippen LogP contribution in [0.4, 0.5) is 0 Å². The molecule has 2 amide bonds. The Balaban J connectivity index is 2.02. The molecular weight excluding hydrogens is 216 g/mol. The molecule has 1 fully saturated rings. The number of amides is 2. The summed E-state index contributed by atoms with van der Waals surface area (Å²) < 4.78 is 0. The Bertz CT molecular complexity index is 326. The number of rotatable bonds is 1. The van der Waals surface area contributed by atoms with Gasteiger partial charge in [-0.3, -0.25) is 9.59 Å². The molecular formula is C13H20N2O2. The Hall–Kier alpha value is -1.19. The monoisotopic (exact) mass is 236 g/mol. The number of hydrogen-bond donors (Lipinski definition) is 1. The zero-order chi connectivity index (χ0) is 12.1. The van der Waals surface area contributed by atoms with Gasteiger partial charge in [0.25, 0.3) is 5.91 Å². The predicted molar refractivity (Wildman–Crippen MR) is 65.6 cm³/mol. The molecule has 0 aromatic rings. The van der Waals surface area contributed by atoms with Crippen molar-refractivity contribution < 1.29 is 9.59 Å². The van der Waals surface area contributed by atoms with Gasteiger partial charge < -0.3 is 5.32 Å². The van der Waals surface area contributed by atoms with E-state index in [0.717, 1.165) is 12.8 Å². The van der Waals surface area contributed by atoms with Crippen molar-refractivity contribution >= 4 is 17.6 Å². The van der Waals surface area contributed by atoms with Crippen LogP contribution in [0.5, 0.6) is 0 Å². The number of nitrogens with one attached hydrogen (secondary N) is 1. The van der Waals surface area contributed by atoms with Gasteiger partial charge in [0.15, 0.2) is 0 Å². The molecule has 0 aromatic carbocycles.